The van der Waals surface area contributed by atoms with Gasteiger partial charge in [-0.15, -0.1) is 0 Å². The minimum absolute atomic E-state index is 0.240. The fraction of sp³-hybridized carbons (Fsp3) is 0.828. The molecule has 3 rings (SSSR count). The smallest absolute Gasteiger partial charge is 0.220 e. The van der Waals surface area contributed by atoms with Crippen LogP contribution in [-0.4, -0.2) is 193 Å². The van der Waals surface area contributed by atoms with Crippen LogP contribution in [0.4, 0.5) is 0 Å². The Kier molecular flexibility index (Phi) is 61.0. The van der Waals surface area contributed by atoms with Crippen molar-refractivity contribution in [3.05, 3.63) is 85.1 Å². The Bertz CT molecular complexity index is 2240. The van der Waals surface area contributed by atoms with Crippen LogP contribution in [0.25, 0.3) is 0 Å². The van der Waals surface area contributed by atoms with Gasteiger partial charge in [-0.05, 0) is 70.6 Å². The second kappa shape index (κ2) is 66.6. The van der Waals surface area contributed by atoms with Gasteiger partial charge < -0.3 is 89.9 Å². The summed E-state index contributed by atoms with van der Waals surface area (Å²) in [5, 5.41) is 121. The van der Waals surface area contributed by atoms with Gasteiger partial charge in [-0.3, -0.25) is 4.79 Å². The Labute approximate surface area is 641 Å². The van der Waals surface area contributed by atoms with Gasteiger partial charge in [-0.25, -0.2) is 0 Å². The molecule has 3 aliphatic heterocycles. The topological polar surface area (TPSA) is 307 Å². The van der Waals surface area contributed by atoms with Crippen molar-refractivity contribution in [2.24, 2.45) is 0 Å². The standard InChI is InChI=1S/C87H155NO18/c1-3-5-7-9-11-13-15-17-19-21-23-25-27-29-31-33-34-35-36-37-39-41-43-45-47-49-51-53-55-57-59-61-63-65-75(93)88-70(71(92)64-62-60-58-56-54-52-50-48-46-44-42-40-38-32-30-28-26-24-22-20-18-16-14-12-10-8-6-4-2)69-101-85-81(99)78(96)83(73(67-90)103-85)106-87-82(100)79(97)84(74(68-91)104-87)105-86-80(98)77(95)76(94)72(66-89)102-86/h5,7,11,13,17,19,23,25,29,31,34-35,62,64,70-74,76-87,89-92,94-100H,3-4,6,8-10,12,14-16,18,20-22,24,26-28,30,32-33,36-61,63,65-69H2,1-2H3,(H,88,93)/b7-5-,13-11-,19-17-,25-23-,31-29-,35-34-,64-62+. The summed E-state index contributed by atoms with van der Waals surface area (Å²) in [7, 11) is 0. The molecule has 0 aromatic heterocycles. The van der Waals surface area contributed by atoms with Crippen LogP contribution < -0.4 is 5.32 Å². The first-order valence-corrected chi connectivity index (χ1v) is 42.8. The first-order chi connectivity index (χ1) is 51.8. The molecule has 0 spiro atoms. The second-order valence-corrected chi connectivity index (χ2v) is 30.3. The highest BCUT2D eigenvalue weighted by molar-refractivity contribution is 5.76. The molecule has 17 unspecified atom stereocenters. The van der Waals surface area contributed by atoms with Gasteiger partial charge in [0.15, 0.2) is 18.9 Å². The molecular formula is C87H155NO18. The molecule has 0 radical (unpaired) electrons. The van der Waals surface area contributed by atoms with E-state index in [4.69, 9.17) is 28.4 Å². The second-order valence-electron chi connectivity index (χ2n) is 30.3. The summed E-state index contributed by atoms with van der Waals surface area (Å²) < 4.78 is 34.5. The molecule has 0 aliphatic carbocycles. The Morgan fingerprint density at radius 3 is 1.02 bits per heavy atom. The summed E-state index contributed by atoms with van der Waals surface area (Å²) in [6.07, 6.45) is 62.8. The summed E-state index contributed by atoms with van der Waals surface area (Å²) in [6.45, 7) is 1.66. The number of carbonyl (C=O) groups is 1. The predicted molar refractivity (Wildman–Crippen MR) is 424 cm³/mol. The summed E-state index contributed by atoms with van der Waals surface area (Å²) >= 11 is 0. The molecule has 0 aromatic carbocycles. The molecule has 616 valence electrons. The number of aliphatic hydroxyl groups excluding tert-OH is 11. The maximum Gasteiger partial charge on any atom is 0.220 e. The Morgan fingerprint density at radius 2 is 0.651 bits per heavy atom. The van der Waals surface area contributed by atoms with Gasteiger partial charge in [-0.1, -0.05) is 336 Å². The van der Waals surface area contributed by atoms with E-state index in [2.05, 4.69) is 92.1 Å². The van der Waals surface area contributed by atoms with Gasteiger partial charge >= 0.3 is 0 Å². The lowest BCUT2D eigenvalue weighted by Crippen LogP contribution is -2.66. The van der Waals surface area contributed by atoms with Crippen LogP contribution >= 0.6 is 0 Å². The minimum Gasteiger partial charge on any atom is -0.394 e. The highest BCUT2D eigenvalue weighted by Gasteiger charge is 2.54. The third kappa shape index (κ3) is 45.5. The van der Waals surface area contributed by atoms with Gasteiger partial charge in [0.2, 0.25) is 5.91 Å². The van der Waals surface area contributed by atoms with Crippen molar-refractivity contribution in [3.8, 4) is 0 Å². The average Bonchev–Trinajstić information content (AvgIpc) is 0.781. The fourth-order valence-electron chi connectivity index (χ4n) is 14.1. The van der Waals surface area contributed by atoms with E-state index in [0.717, 1.165) is 89.9 Å². The minimum atomic E-state index is -1.98. The number of allylic oxidation sites excluding steroid dienone is 13. The molecule has 3 heterocycles. The number of hydrogen-bond donors (Lipinski definition) is 12. The van der Waals surface area contributed by atoms with Crippen molar-refractivity contribution < 1.29 is 89.4 Å². The van der Waals surface area contributed by atoms with Gasteiger partial charge in [0.1, 0.15) is 73.2 Å². The van der Waals surface area contributed by atoms with Crippen molar-refractivity contribution in [2.75, 3.05) is 26.4 Å². The molecule has 0 saturated carbocycles. The number of carbonyl (C=O) groups excluding carboxylic acids is 1. The number of rotatable bonds is 68. The van der Waals surface area contributed by atoms with E-state index in [1.807, 2.05) is 6.08 Å². The molecule has 0 aromatic rings. The number of ether oxygens (including phenoxy) is 6. The summed E-state index contributed by atoms with van der Waals surface area (Å²) in [6, 6.07) is -0.980. The molecule has 106 heavy (non-hydrogen) atoms. The van der Waals surface area contributed by atoms with Crippen LogP contribution in [0, 0.1) is 0 Å². The highest BCUT2D eigenvalue weighted by Crippen LogP contribution is 2.33. The first kappa shape index (κ1) is 97.2. The van der Waals surface area contributed by atoms with Crippen molar-refractivity contribution in [2.45, 2.75) is 433 Å². The third-order valence-electron chi connectivity index (χ3n) is 20.9. The maximum absolute atomic E-state index is 13.5. The summed E-state index contributed by atoms with van der Waals surface area (Å²) in [5.74, 6) is -0.275. The largest absolute Gasteiger partial charge is 0.394 e. The van der Waals surface area contributed by atoms with E-state index in [-0.39, 0.29) is 18.9 Å². The number of amides is 1. The van der Waals surface area contributed by atoms with E-state index in [0.29, 0.717) is 6.42 Å². The quantitative estimate of drug-likeness (QED) is 0.0199. The lowest BCUT2D eigenvalue weighted by molar-refractivity contribution is -0.379. The molecule has 17 atom stereocenters. The van der Waals surface area contributed by atoms with Gasteiger partial charge in [0.05, 0.1) is 38.6 Å². The lowest BCUT2D eigenvalue weighted by Gasteiger charge is -2.48. The molecule has 12 N–H and O–H groups in total. The maximum atomic E-state index is 13.5. The SMILES string of the molecule is CC/C=C\C/C=C\C/C=C\C/C=C\C/C=C\C/C=C\CCCCCCCCCCCCCCCCC(=O)NC(COC1OC(CO)C(OC2OC(CO)C(OC3OC(CO)C(O)C(O)C3O)C(O)C2O)C(O)C1O)C(O)/C=C/CCCCCCCCCCCCCCCCCCCCCCCCCCCC. The number of aliphatic hydroxyl groups is 11. The normalized spacial score (nSPS) is 26.1. The molecule has 3 saturated heterocycles. The zero-order chi connectivity index (χ0) is 76.7. The van der Waals surface area contributed by atoms with E-state index >= 15 is 0 Å². The van der Waals surface area contributed by atoms with E-state index in [1.165, 1.54) is 212 Å². The average molecular weight is 1500 g/mol. The summed E-state index contributed by atoms with van der Waals surface area (Å²) in [5.41, 5.74) is 0. The molecule has 3 fully saturated rings. The number of unbranched alkanes of at least 4 members (excludes halogenated alkanes) is 40. The molecule has 0 bridgehead atoms. The van der Waals surface area contributed by atoms with Crippen LogP contribution in [0.1, 0.15) is 328 Å². The molecule has 19 nitrogen and oxygen atoms in total. The monoisotopic (exact) mass is 1500 g/mol. The zero-order valence-electron chi connectivity index (χ0n) is 66.2. The van der Waals surface area contributed by atoms with E-state index in [9.17, 15) is 61.0 Å². The van der Waals surface area contributed by atoms with Crippen molar-refractivity contribution >= 4 is 5.91 Å². The Morgan fingerprint density at radius 1 is 0.349 bits per heavy atom. The summed E-state index contributed by atoms with van der Waals surface area (Å²) in [4.78, 5) is 13.5. The molecule has 1 amide bonds. The van der Waals surface area contributed by atoms with Gasteiger partial charge in [0.25, 0.3) is 0 Å². The van der Waals surface area contributed by atoms with E-state index in [1.54, 1.807) is 6.08 Å². The van der Waals surface area contributed by atoms with Crippen LogP contribution in [0.3, 0.4) is 0 Å². The third-order valence-corrected chi connectivity index (χ3v) is 20.9. The number of hydrogen-bond acceptors (Lipinski definition) is 18. The van der Waals surface area contributed by atoms with Crippen molar-refractivity contribution in [1.29, 1.82) is 0 Å². The lowest BCUT2D eigenvalue weighted by atomic mass is 9.96. The zero-order valence-corrected chi connectivity index (χ0v) is 66.2. The Balaban J connectivity index is 1.35. The highest BCUT2D eigenvalue weighted by atomic mass is 16.8. The molecule has 3 aliphatic rings. The van der Waals surface area contributed by atoms with Crippen LogP contribution in [-0.2, 0) is 33.2 Å². The Hall–Kier alpha value is -3.03. The van der Waals surface area contributed by atoms with Crippen LogP contribution in [0.15, 0.2) is 85.1 Å². The van der Waals surface area contributed by atoms with E-state index < -0.39 is 124 Å². The molecular weight excluding hydrogens is 1350 g/mol. The fourth-order valence-corrected chi connectivity index (χ4v) is 14.1. The van der Waals surface area contributed by atoms with Crippen LogP contribution in [0.5, 0.6) is 0 Å². The van der Waals surface area contributed by atoms with Crippen molar-refractivity contribution in [1.82, 2.24) is 5.32 Å². The molecule has 19 heteroatoms. The van der Waals surface area contributed by atoms with Crippen molar-refractivity contribution in [3.63, 3.8) is 0 Å². The van der Waals surface area contributed by atoms with Crippen LogP contribution in [0.2, 0.25) is 0 Å². The number of nitrogens with one attached hydrogen (secondary N) is 1. The van der Waals surface area contributed by atoms with Gasteiger partial charge in [0, 0.05) is 6.42 Å². The first-order valence-electron chi connectivity index (χ1n) is 42.8. The predicted octanol–water partition coefficient (Wildman–Crippen LogP) is 15.3. The van der Waals surface area contributed by atoms with Gasteiger partial charge in [-0.2, -0.15) is 0 Å².